The predicted octanol–water partition coefficient (Wildman–Crippen LogP) is -0.726. The number of carboxylic acid groups (broad SMARTS) is 1. The molecule has 0 spiro atoms. The van der Waals surface area contributed by atoms with Crippen molar-refractivity contribution in [3.8, 4) is 0 Å². The average Bonchev–Trinajstić information content (AvgIpc) is 2.47. The van der Waals surface area contributed by atoms with E-state index in [4.69, 9.17) is 10.8 Å². The number of hydrogen-bond donors (Lipinski definition) is 6. The Balaban J connectivity index is 4.94. The molecule has 2 amide bonds. The van der Waals surface area contributed by atoms with Gasteiger partial charge in [-0.1, -0.05) is 20.3 Å². The molecule has 0 aromatic rings. The maximum atomic E-state index is 12.2. The van der Waals surface area contributed by atoms with E-state index in [1.54, 1.807) is 6.92 Å². The van der Waals surface area contributed by atoms with E-state index >= 15 is 0 Å². The standard InChI is InChI=1S/C12H23N3O4S2/c1-3-6(2)9(15-10(16)7(13)4-20)11(17)14-8(5-21)12(18)19/h6-9,20-21H,3-5,13H2,1-2H3,(H,14,17)(H,15,16)(H,18,19)/t6-,7-,8-,9-/m0/s1. The Morgan fingerprint density at radius 3 is 2.10 bits per heavy atom. The lowest BCUT2D eigenvalue weighted by Gasteiger charge is -2.26. The van der Waals surface area contributed by atoms with Crippen LogP contribution in [-0.4, -0.2) is 52.5 Å². The van der Waals surface area contributed by atoms with Crippen LogP contribution in [0.2, 0.25) is 0 Å². The van der Waals surface area contributed by atoms with Crippen LogP contribution < -0.4 is 16.4 Å². The van der Waals surface area contributed by atoms with Crippen LogP contribution in [0.4, 0.5) is 0 Å². The average molecular weight is 337 g/mol. The summed E-state index contributed by atoms with van der Waals surface area (Å²) in [5.74, 6) is -2.31. The lowest BCUT2D eigenvalue weighted by Crippen LogP contribution is -2.57. The summed E-state index contributed by atoms with van der Waals surface area (Å²) in [6, 6.07) is -2.79. The Labute approximate surface area is 135 Å². The van der Waals surface area contributed by atoms with Gasteiger partial charge in [0.25, 0.3) is 0 Å². The lowest BCUT2D eigenvalue weighted by molar-refractivity contribution is -0.141. The zero-order chi connectivity index (χ0) is 16.6. The minimum absolute atomic E-state index is 0.0433. The molecule has 0 bridgehead atoms. The van der Waals surface area contributed by atoms with Crippen molar-refractivity contribution < 1.29 is 19.5 Å². The number of nitrogens with two attached hydrogens (primary N) is 1. The van der Waals surface area contributed by atoms with Gasteiger partial charge in [-0.15, -0.1) is 0 Å². The molecule has 0 aliphatic carbocycles. The zero-order valence-electron chi connectivity index (χ0n) is 12.1. The molecule has 4 atom stereocenters. The first kappa shape index (κ1) is 20.1. The van der Waals surface area contributed by atoms with Gasteiger partial charge in [-0.2, -0.15) is 25.3 Å². The topological polar surface area (TPSA) is 122 Å². The van der Waals surface area contributed by atoms with Gasteiger partial charge < -0.3 is 21.5 Å². The second-order valence-corrected chi connectivity index (χ2v) is 5.47. The maximum absolute atomic E-state index is 12.2. The van der Waals surface area contributed by atoms with Crippen molar-refractivity contribution in [3.05, 3.63) is 0 Å². The lowest BCUT2D eigenvalue weighted by atomic mass is 9.97. The van der Waals surface area contributed by atoms with Gasteiger partial charge in [-0.3, -0.25) is 9.59 Å². The molecular weight excluding hydrogens is 314 g/mol. The normalized spacial score (nSPS) is 16.4. The summed E-state index contributed by atoms with van der Waals surface area (Å²) in [5, 5.41) is 13.8. The first-order valence-electron chi connectivity index (χ1n) is 6.59. The molecule has 5 N–H and O–H groups in total. The number of thiol groups is 2. The second-order valence-electron chi connectivity index (χ2n) is 4.74. The molecule has 0 heterocycles. The van der Waals surface area contributed by atoms with Crippen LogP contribution in [0.15, 0.2) is 0 Å². The molecule has 0 saturated heterocycles. The molecule has 0 aromatic carbocycles. The molecular formula is C12H23N3O4S2. The molecule has 0 fully saturated rings. The third-order valence-electron chi connectivity index (χ3n) is 3.12. The number of rotatable bonds is 9. The fourth-order valence-corrected chi connectivity index (χ4v) is 1.91. The van der Waals surface area contributed by atoms with E-state index in [1.165, 1.54) is 0 Å². The molecule has 0 aliphatic rings. The van der Waals surface area contributed by atoms with E-state index in [1.807, 2.05) is 6.92 Å². The molecule has 21 heavy (non-hydrogen) atoms. The number of carbonyl (C=O) groups excluding carboxylic acids is 2. The number of carboxylic acids is 1. The summed E-state index contributed by atoms with van der Waals surface area (Å²) in [7, 11) is 0. The summed E-state index contributed by atoms with van der Waals surface area (Å²) in [6.45, 7) is 3.65. The van der Waals surface area contributed by atoms with Gasteiger partial charge in [0.1, 0.15) is 12.1 Å². The third-order valence-corrected chi connectivity index (χ3v) is 3.88. The second kappa shape index (κ2) is 9.91. The number of amides is 2. The summed E-state index contributed by atoms with van der Waals surface area (Å²) >= 11 is 7.80. The first-order valence-corrected chi connectivity index (χ1v) is 7.85. The largest absolute Gasteiger partial charge is 0.480 e. The van der Waals surface area contributed by atoms with Gasteiger partial charge in [0, 0.05) is 11.5 Å². The fourth-order valence-electron chi connectivity index (χ4n) is 1.49. The number of carbonyl (C=O) groups is 3. The van der Waals surface area contributed by atoms with Crippen molar-refractivity contribution in [1.82, 2.24) is 10.6 Å². The van der Waals surface area contributed by atoms with Gasteiger partial charge in [0.05, 0.1) is 6.04 Å². The van der Waals surface area contributed by atoms with Crippen LogP contribution in [0.1, 0.15) is 20.3 Å². The molecule has 122 valence electrons. The quantitative estimate of drug-likeness (QED) is 0.310. The van der Waals surface area contributed by atoms with Gasteiger partial charge in [0.2, 0.25) is 11.8 Å². The van der Waals surface area contributed by atoms with E-state index < -0.39 is 35.9 Å². The van der Waals surface area contributed by atoms with Crippen molar-refractivity contribution in [3.63, 3.8) is 0 Å². The summed E-state index contributed by atoms with van der Waals surface area (Å²) in [6.07, 6.45) is 0.632. The Kier molecular flexibility index (Phi) is 9.47. The van der Waals surface area contributed by atoms with Crippen molar-refractivity contribution in [2.24, 2.45) is 11.7 Å². The molecule has 0 rings (SSSR count). The van der Waals surface area contributed by atoms with Crippen LogP contribution >= 0.6 is 25.3 Å². The Bertz CT molecular complexity index is 382. The van der Waals surface area contributed by atoms with Crippen LogP contribution in [0.3, 0.4) is 0 Å². The van der Waals surface area contributed by atoms with E-state index in [-0.39, 0.29) is 17.4 Å². The first-order chi connectivity index (χ1) is 9.78. The smallest absolute Gasteiger partial charge is 0.327 e. The van der Waals surface area contributed by atoms with Crippen molar-refractivity contribution in [2.75, 3.05) is 11.5 Å². The molecule has 0 unspecified atom stereocenters. The van der Waals surface area contributed by atoms with Gasteiger partial charge in [0.15, 0.2) is 0 Å². The molecule has 0 aliphatic heterocycles. The molecule has 0 radical (unpaired) electrons. The summed E-state index contributed by atoms with van der Waals surface area (Å²) < 4.78 is 0. The third kappa shape index (κ3) is 6.58. The van der Waals surface area contributed by atoms with Crippen LogP contribution in [0.5, 0.6) is 0 Å². The van der Waals surface area contributed by atoms with E-state index in [0.717, 1.165) is 0 Å². The van der Waals surface area contributed by atoms with Gasteiger partial charge in [-0.25, -0.2) is 4.79 Å². The van der Waals surface area contributed by atoms with Crippen molar-refractivity contribution in [1.29, 1.82) is 0 Å². The summed E-state index contributed by atoms with van der Waals surface area (Å²) in [4.78, 5) is 34.9. The summed E-state index contributed by atoms with van der Waals surface area (Å²) in [5.41, 5.74) is 5.56. The maximum Gasteiger partial charge on any atom is 0.327 e. The Morgan fingerprint density at radius 1 is 1.14 bits per heavy atom. The van der Waals surface area contributed by atoms with Gasteiger partial charge in [-0.05, 0) is 5.92 Å². The number of nitrogens with one attached hydrogen (secondary N) is 2. The predicted molar refractivity (Wildman–Crippen MR) is 86.6 cm³/mol. The molecule has 0 aromatic heterocycles. The highest BCUT2D eigenvalue weighted by atomic mass is 32.1. The highest BCUT2D eigenvalue weighted by Crippen LogP contribution is 2.09. The van der Waals surface area contributed by atoms with E-state index in [2.05, 4.69) is 35.9 Å². The van der Waals surface area contributed by atoms with E-state index in [0.29, 0.717) is 6.42 Å². The minimum atomic E-state index is -1.18. The van der Waals surface area contributed by atoms with Crippen molar-refractivity contribution in [2.45, 2.75) is 38.4 Å². The number of aliphatic carboxylic acids is 1. The molecule has 9 heteroatoms. The highest BCUT2D eigenvalue weighted by Gasteiger charge is 2.30. The molecule has 7 nitrogen and oxygen atoms in total. The Hall–Kier alpha value is -0.930. The highest BCUT2D eigenvalue weighted by molar-refractivity contribution is 7.80. The van der Waals surface area contributed by atoms with Crippen LogP contribution in [-0.2, 0) is 14.4 Å². The minimum Gasteiger partial charge on any atom is -0.480 e. The fraction of sp³-hybridized carbons (Fsp3) is 0.750. The van der Waals surface area contributed by atoms with Gasteiger partial charge >= 0.3 is 5.97 Å². The van der Waals surface area contributed by atoms with Crippen LogP contribution in [0.25, 0.3) is 0 Å². The van der Waals surface area contributed by atoms with E-state index in [9.17, 15) is 14.4 Å². The Morgan fingerprint density at radius 2 is 1.71 bits per heavy atom. The number of hydrogen-bond acceptors (Lipinski definition) is 6. The zero-order valence-corrected chi connectivity index (χ0v) is 13.9. The molecule has 0 saturated carbocycles. The SMILES string of the molecule is CC[C@H](C)[C@H](NC(=O)[C@@H](N)CS)C(=O)N[C@@H](CS)C(=O)O. The van der Waals surface area contributed by atoms with Crippen molar-refractivity contribution >= 4 is 43.0 Å². The van der Waals surface area contributed by atoms with Crippen LogP contribution in [0, 0.1) is 5.92 Å². The monoisotopic (exact) mass is 337 g/mol.